The van der Waals surface area contributed by atoms with Crippen LogP contribution in [-0.4, -0.2) is 21.5 Å². The molecule has 0 aromatic carbocycles. The van der Waals surface area contributed by atoms with Crippen LogP contribution >= 0.6 is 11.6 Å². The third-order valence-corrected chi connectivity index (χ3v) is 4.30. The van der Waals surface area contributed by atoms with Crippen molar-refractivity contribution < 1.29 is 0 Å². The highest BCUT2D eigenvalue weighted by Crippen LogP contribution is 2.28. The van der Waals surface area contributed by atoms with Gasteiger partial charge in [0.25, 0.3) is 5.56 Å². The van der Waals surface area contributed by atoms with Gasteiger partial charge in [-0.3, -0.25) is 4.79 Å². The lowest BCUT2D eigenvalue weighted by Gasteiger charge is -2.27. The molecule has 4 nitrogen and oxygen atoms in total. The second-order valence-electron chi connectivity index (χ2n) is 5.22. The first-order chi connectivity index (χ1) is 9.22. The summed E-state index contributed by atoms with van der Waals surface area (Å²) >= 11 is 6.33. The van der Waals surface area contributed by atoms with Crippen molar-refractivity contribution in [2.24, 2.45) is 5.92 Å². The second-order valence-corrected chi connectivity index (χ2v) is 5.78. The van der Waals surface area contributed by atoms with E-state index in [1.165, 1.54) is 12.8 Å². The minimum Gasteiger partial charge on any atom is -0.365 e. The smallest absolute Gasteiger partial charge is 0.293 e. The summed E-state index contributed by atoms with van der Waals surface area (Å²) in [6.45, 7) is 3.53. The van der Waals surface area contributed by atoms with E-state index in [0.29, 0.717) is 11.7 Å². The van der Waals surface area contributed by atoms with E-state index in [-0.39, 0.29) is 10.9 Å². The number of hydrogen-bond donors (Lipinski definition) is 1. The number of aryl methyl sites for hydroxylation is 1. The molecule has 0 amide bonds. The highest BCUT2D eigenvalue weighted by molar-refractivity contribution is 6.20. The van der Waals surface area contributed by atoms with Crippen molar-refractivity contribution in [1.29, 1.82) is 0 Å². The second kappa shape index (κ2) is 6.94. The lowest BCUT2D eigenvalue weighted by atomic mass is 9.89. The summed E-state index contributed by atoms with van der Waals surface area (Å²) in [6, 6.07) is 0. The van der Waals surface area contributed by atoms with Crippen molar-refractivity contribution in [1.82, 2.24) is 9.55 Å². The van der Waals surface area contributed by atoms with E-state index in [1.54, 1.807) is 17.0 Å². The van der Waals surface area contributed by atoms with Gasteiger partial charge in [0.05, 0.1) is 0 Å². The van der Waals surface area contributed by atoms with Gasteiger partial charge in [0.1, 0.15) is 0 Å². The molecule has 5 heteroatoms. The first-order valence-electron chi connectivity index (χ1n) is 7.15. The first kappa shape index (κ1) is 14.4. The number of alkyl halides is 1. The molecule has 1 heterocycles. The Balaban J connectivity index is 1.99. The summed E-state index contributed by atoms with van der Waals surface area (Å²) in [5.74, 6) is 0.891. The van der Waals surface area contributed by atoms with E-state index in [0.717, 1.165) is 32.4 Å². The zero-order valence-corrected chi connectivity index (χ0v) is 12.2. The summed E-state index contributed by atoms with van der Waals surface area (Å²) in [4.78, 5) is 16.3. The molecule has 19 heavy (non-hydrogen) atoms. The fraction of sp³-hybridized carbons (Fsp3) is 0.714. The molecule has 1 aliphatic carbocycles. The molecular formula is C14H22ClN3O. The zero-order valence-electron chi connectivity index (χ0n) is 11.4. The number of rotatable bonds is 5. The van der Waals surface area contributed by atoms with E-state index < -0.39 is 0 Å². The van der Waals surface area contributed by atoms with Gasteiger partial charge >= 0.3 is 0 Å². The van der Waals surface area contributed by atoms with Crippen LogP contribution in [0.15, 0.2) is 17.2 Å². The van der Waals surface area contributed by atoms with Crippen LogP contribution in [-0.2, 0) is 6.54 Å². The van der Waals surface area contributed by atoms with E-state index in [2.05, 4.69) is 17.2 Å². The fourth-order valence-electron chi connectivity index (χ4n) is 2.61. The summed E-state index contributed by atoms with van der Waals surface area (Å²) in [7, 11) is 0. The Bertz CT molecular complexity index is 460. The third-order valence-electron chi connectivity index (χ3n) is 3.73. The summed E-state index contributed by atoms with van der Waals surface area (Å²) in [5.41, 5.74) is -0.0359. The van der Waals surface area contributed by atoms with Crippen molar-refractivity contribution in [3.8, 4) is 0 Å². The van der Waals surface area contributed by atoms with Crippen molar-refractivity contribution in [2.45, 2.75) is 50.9 Å². The number of anilines is 1. The molecule has 0 radical (unpaired) electrons. The lowest BCUT2D eigenvalue weighted by molar-refractivity contribution is 0.380. The molecule has 1 N–H and O–H groups in total. The Morgan fingerprint density at radius 2 is 2.26 bits per heavy atom. The molecule has 1 aromatic heterocycles. The number of nitrogens with zero attached hydrogens (tertiary/aromatic N) is 2. The molecule has 1 aliphatic rings. The zero-order chi connectivity index (χ0) is 13.7. The van der Waals surface area contributed by atoms with E-state index in [4.69, 9.17) is 11.6 Å². The van der Waals surface area contributed by atoms with Crippen LogP contribution in [0.4, 0.5) is 5.82 Å². The van der Waals surface area contributed by atoms with Crippen LogP contribution in [0.2, 0.25) is 0 Å². The van der Waals surface area contributed by atoms with Crippen LogP contribution in [0.3, 0.4) is 0 Å². The van der Waals surface area contributed by atoms with Gasteiger partial charge in [0.15, 0.2) is 5.82 Å². The highest BCUT2D eigenvalue weighted by Gasteiger charge is 2.23. The van der Waals surface area contributed by atoms with E-state index >= 15 is 0 Å². The summed E-state index contributed by atoms with van der Waals surface area (Å²) in [6.07, 6.45) is 9.03. The van der Waals surface area contributed by atoms with Crippen LogP contribution in [0.25, 0.3) is 0 Å². The molecule has 0 aliphatic heterocycles. The molecule has 0 bridgehead atoms. The third kappa shape index (κ3) is 3.72. The predicted molar refractivity (Wildman–Crippen MR) is 78.9 cm³/mol. The lowest BCUT2D eigenvalue weighted by Crippen LogP contribution is -2.30. The van der Waals surface area contributed by atoms with Crippen molar-refractivity contribution in [2.75, 3.05) is 11.9 Å². The Morgan fingerprint density at radius 1 is 1.47 bits per heavy atom. The van der Waals surface area contributed by atoms with Gasteiger partial charge in [-0.15, -0.1) is 11.6 Å². The van der Waals surface area contributed by atoms with Crippen LogP contribution in [0.5, 0.6) is 0 Å². The SMILES string of the molecule is CCCn1ccnc(NCC2CCCCC2Cl)c1=O. The van der Waals surface area contributed by atoms with Gasteiger partial charge < -0.3 is 9.88 Å². The predicted octanol–water partition coefficient (Wildman–Crippen LogP) is 2.86. The number of aromatic nitrogens is 2. The molecule has 106 valence electrons. The van der Waals surface area contributed by atoms with Gasteiger partial charge in [0, 0.05) is 30.9 Å². The topological polar surface area (TPSA) is 46.9 Å². The quantitative estimate of drug-likeness (QED) is 0.845. The molecule has 1 fully saturated rings. The minimum atomic E-state index is -0.0359. The Morgan fingerprint density at radius 3 is 3.00 bits per heavy atom. The number of halogens is 1. The van der Waals surface area contributed by atoms with Crippen LogP contribution in [0, 0.1) is 5.92 Å². The Labute approximate surface area is 119 Å². The first-order valence-corrected chi connectivity index (χ1v) is 7.59. The average Bonchev–Trinajstić information content (AvgIpc) is 2.42. The van der Waals surface area contributed by atoms with Crippen LogP contribution < -0.4 is 10.9 Å². The Kier molecular flexibility index (Phi) is 5.25. The highest BCUT2D eigenvalue weighted by atomic mass is 35.5. The Hall–Kier alpha value is -1.03. The fourth-order valence-corrected chi connectivity index (χ4v) is 2.98. The number of nitrogens with one attached hydrogen (secondary N) is 1. The normalized spacial score (nSPS) is 23.3. The minimum absolute atomic E-state index is 0.0359. The van der Waals surface area contributed by atoms with Crippen molar-refractivity contribution >= 4 is 17.4 Å². The van der Waals surface area contributed by atoms with Crippen LogP contribution in [0.1, 0.15) is 39.0 Å². The van der Waals surface area contributed by atoms with Gasteiger partial charge in [-0.25, -0.2) is 4.98 Å². The average molecular weight is 284 g/mol. The maximum Gasteiger partial charge on any atom is 0.293 e. The van der Waals surface area contributed by atoms with Crippen molar-refractivity contribution in [3.05, 3.63) is 22.7 Å². The summed E-state index contributed by atoms with van der Waals surface area (Å²) in [5, 5.41) is 3.41. The molecule has 2 atom stereocenters. The maximum absolute atomic E-state index is 12.1. The monoisotopic (exact) mass is 283 g/mol. The van der Waals surface area contributed by atoms with Gasteiger partial charge in [-0.1, -0.05) is 19.8 Å². The standard InChI is InChI=1S/C14H22ClN3O/c1-2-8-18-9-7-16-13(14(18)19)17-10-11-5-3-4-6-12(11)15/h7,9,11-12H,2-6,8,10H2,1H3,(H,16,17). The molecule has 0 saturated heterocycles. The molecule has 0 spiro atoms. The molecule has 2 rings (SSSR count). The largest absolute Gasteiger partial charge is 0.365 e. The van der Waals surface area contributed by atoms with Gasteiger partial charge in [-0.2, -0.15) is 0 Å². The summed E-state index contributed by atoms with van der Waals surface area (Å²) < 4.78 is 1.70. The molecule has 2 unspecified atom stereocenters. The van der Waals surface area contributed by atoms with Gasteiger partial charge in [-0.05, 0) is 25.2 Å². The van der Waals surface area contributed by atoms with Crippen molar-refractivity contribution in [3.63, 3.8) is 0 Å². The molecule has 1 aromatic rings. The van der Waals surface area contributed by atoms with E-state index in [1.807, 2.05) is 0 Å². The molecule has 1 saturated carbocycles. The molecular weight excluding hydrogens is 262 g/mol. The number of hydrogen-bond acceptors (Lipinski definition) is 3. The maximum atomic E-state index is 12.1. The van der Waals surface area contributed by atoms with E-state index in [9.17, 15) is 4.79 Å². The van der Waals surface area contributed by atoms with Gasteiger partial charge in [0.2, 0.25) is 0 Å².